The van der Waals surface area contributed by atoms with Gasteiger partial charge in [-0.25, -0.2) is 4.79 Å². The number of piperidine rings is 1. The minimum atomic E-state index is -0.825. The molecule has 1 aliphatic heterocycles. The number of ether oxygens (including phenoxy) is 1. The minimum absolute atomic E-state index is 0.155. The zero-order valence-corrected chi connectivity index (χ0v) is 13.0. The maximum atomic E-state index is 12.6. The number of carbonyl (C=O) groups excluding carboxylic acids is 2. The molecule has 0 radical (unpaired) electrons. The Morgan fingerprint density at radius 3 is 2.82 bits per heavy atom. The summed E-state index contributed by atoms with van der Waals surface area (Å²) in [6, 6.07) is 2.41. The first kappa shape index (κ1) is 15.0. The Kier molecular flexibility index (Phi) is 3.64. The van der Waals surface area contributed by atoms with Gasteiger partial charge in [-0.1, -0.05) is 19.9 Å². The van der Waals surface area contributed by atoms with E-state index in [4.69, 9.17) is 4.74 Å². The summed E-state index contributed by atoms with van der Waals surface area (Å²) in [5.74, 6) is 0.223. The highest BCUT2D eigenvalue weighted by atomic mass is 16.5. The molecular formula is C16H21N3O3. The van der Waals surface area contributed by atoms with Crippen LogP contribution in [0.5, 0.6) is 0 Å². The molecule has 3 rings (SSSR count). The summed E-state index contributed by atoms with van der Waals surface area (Å²) < 4.78 is 4.81. The van der Waals surface area contributed by atoms with Crippen molar-refractivity contribution in [2.45, 2.75) is 25.9 Å². The Morgan fingerprint density at radius 1 is 1.50 bits per heavy atom. The Hall–Kier alpha value is -1.95. The SMILES string of the molecule is COC(=O)C(NC(=O)[C@H]1NC[C@H]2[C@@H]1C2(C)C)c1cccnc1. The van der Waals surface area contributed by atoms with Gasteiger partial charge in [0.05, 0.1) is 13.2 Å². The predicted octanol–water partition coefficient (Wildman–Crippen LogP) is 0.656. The zero-order valence-electron chi connectivity index (χ0n) is 13.0. The summed E-state index contributed by atoms with van der Waals surface area (Å²) in [6.07, 6.45) is 3.18. The summed E-state index contributed by atoms with van der Waals surface area (Å²) in [5, 5.41) is 6.05. The van der Waals surface area contributed by atoms with Crippen LogP contribution in [-0.4, -0.2) is 36.6 Å². The number of pyridine rings is 1. The first-order chi connectivity index (χ1) is 10.5. The fraction of sp³-hybridized carbons (Fsp3) is 0.562. The molecule has 118 valence electrons. The second-order valence-corrected chi connectivity index (χ2v) is 6.59. The van der Waals surface area contributed by atoms with Gasteiger partial charge in [-0.2, -0.15) is 0 Å². The van der Waals surface area contributed by atoms with E-state index in [1.807, 2.05) is 0 Å². The first-order valence-electron chi connectivity index (χ1n) is 7.48. The molecule has 1 amide bonds. The van der Waals surface area contributed by atoms with Crippen LogP contribution in [0.3, 0.4) is 0 Å². The van der Waals surface area contributed by atoms with E-state index in [-0.39, 0.29) is 17.4 Å². The van der Waals surface area contributed by atoms with Crippen molar-refractivity contribution in [1.29, 1.82) is 0 Å². The van der Waals surface area contributed by atoms with E-state index >= 15 is 0 Å². The van der Waals surface area contributed by atoms with Gasteiger partial charge in [0.2, 0.25) is 5.91 Å². The summed E-state index contributed by atoms with van der Waals surface area (Å²) in [6.45, 7) is 5.22. The molecule has 0 spiro atoms. The molecule has 2 N–H and O–H groups in total. The molecule has 1 saturated heterocycles. The van der Waals surface area contributed by atoms with Crippen molar-refractivity contribution in [3.05, 3.63) is 30.1 Å². The Balaban J connectivity index is 1.74. The van der Waals surface area contributed by atoms with E-state index in [1.54, 1.807) is 24.5 Å². The van der Waals surface area contributed by atoms with Crippen LogP contribution < -0.4 is 10.6 Å². The van der Waals surface area contributed by atoms with Gasteiger partial charge >= 0.3 is 5.97 Å². The highest BCUT2D eigenvalue weighted by molar-refractivity contribution is 5.89. The molecule has 2 fully saturated rings. The number of carbonyl (C=O) groups is 2. The zero-order chi connectivity index (χ0) is 15.9. The lowest BCUT2D eigenvalue weighted by molar-refractivity contribution is -0.145. The van der Waals surface area contributed by atoms with Crippen LogP contribution in [0.25, 0.3) is 0 Å². The average Bonchev–Trinajstić information content (AvgIpc) is 2.91. The molecule has 2 aliphatic rings. The molecule has 2 heterocycles. The molecule has 4 atom stereocenters. The number of hydrogen-bond acceptors (Lipinski definition) is 5. The van der Waals surface area contributed by atoms with Gasteiger partial charge in [0.25, 0.3) is 0 Å². The number of hydrogen-bond donors (Lipinski definition) is 2. The van der Waals surface area contributed by atoms with Crippen LogP contribution in [-0.2, 0) is 14.3 Å². The fourth-order valence-electron chi connectivity index (χ4n) is 3.65. The van der Waals surface area contributed by atoms with E-state index in [0.29, 0.717) is 17.4 Å². The number of amides is 1. The van der Waals surface area contributed by atoms with Crippen LogP contribution in [0, 0.1) is 17.3 Å². The third kappa shape index (κ3) is 2.37. The van der Waals surface area contributed by atoms with Crippen LogP contribution in [0.15, 0.2) is 24.5 Å². The van der Waals surface area contributed by atoms with E-state index in [1.165, 1.54) is 7.11 Å². The average molecular weight is 303 g/mol. The van der Waals surface area contributed by atoms with Crippen molar-refractivity contribution >= 4 is 11.9 Å². The maximum Gasteiger partial charge on any atom is 0.333 e. The van der Waals surface area contributed by atoms with E-state index in [9.17, 15) is 9.59 Å². The van der Waals surface area contributed by atoms with Crippen LogP contribution in [0.1, 0.15) is 25.5 Å². The van der Waals surface area contributed by atoms with Crippen molar-refractivity contribution < 1.29 is 14.3 Å². The molecule has 1 aliphatic carbocycles. The van der Waals surface area contributed by atoms with Crippen molar-refractivity contribution in [1.82, 2.24) is 15.6 Å². The number of aromatic nitrogens is 1. The molecule has 6 nitrogen and oxygen atoms in total. The molecule has 6 heteroatoms. The number of esters is 1. The largest absolute Gasteiger partial charge is 0.467 e. The summed E-state index contributed by atoms with van der Waals surface area (Å²) in [7, 11) is 1.31. The molecule has 0 bridgehead atoms. The smallest absolute Gasteiger partial charge is 0.333 e. The lowest BCUT2D eigenvalue weighted by Crippen LogP contribution is -2.47. The number of rotatable bonds is 4. The third-order valence-corrected chi connectivity index (χ3v) is 5.08. The van der Waals surface area contributed by atoms with E-state index < -0.39 is 12.0 Å². The number of fused-ring (bicyclic) bond motifs is 1. The Morgan fingerprint density at radius 2 is 2.27 bits per heavy atom. The standard InChI is InChI=1S/C16H21N3O3/c1-16(2)10-8-18-13(11(10)16)14(20)19-12(15(21)22-3)9-5-4-6-17-7-9/h4-7,10-13,18H,8H2,1-3H3,(H,19,20)/t10-,11-,12?,13-/m0/s1. The maximum absolute atomic E-state index is 12.6. The Bertz CT molecular complexity index is 588. The quantitative estimate of drug-likeness (QED) is 0.799. The van der Waals surface area contributed by atoms with Crippen molar-refractivity contribution in [2.24, 2.45) is 17.3 Å². The van der Waals surface area contributed by atoms with Crippen molar-refractivity contribution in [3.8, 4) is 0 Å². The van der Waals surface area contributed by atoms with Crippen LogP contribution in [0.2, 0.25) is 0 Å². The van der Waals surface area contributed by atoms with Gasteiger partial charge in [0.15, 0.2) is 6.04 Å². The second kappa shape index (κ2) is 5.35. The summed E-state index contributed by atoms with van der Waals surface area (Å²) in [4.78, 5) is 28.6. The lowest BCUT2D eigenvalue weighted by atomic mass is 10.0. The molecule has 1 aromatic rings. The van der Waals surface area contributed by atoms with Crippen molar-refractivity contribution in [2.75, 3.05) is 13.7 Å². The second-order valence-electron chi connectivity index (χ2n) is 6.59. The van der Waals surface area contributed by atoms with Gasteiger partial charge in [-0.3, -0.25) is 9.78 Å². The minimum Gasteiger partial charge on any atom is -0.467 e. The van der Waals surface area contributed by atoms with Crippen LogP contribution >= 0.6 is 0 Å². The highest BCUT2D eigenvalue weighted by Gasteiger charge is 2.65. The molecule has 1 aromatic heterocycles. The normalized spacial score (nSPS) is 29.3. The molecule has 0 aromatic carbocycles. The van der Waals surface area contributed by atoms with Gasteiger partial charge in [0.1, 0.15) is 0 Å². The molecular weight excluding hydrogens is 282 g/mol. The molecule has 1 saturated carbocycles. The van der Waals surface area contributed by atoms with Crippen molar-refractivity contribution in [3.63, 3.8) is 0 Å². The fourth-order valence-corrected chi connectivity index (χ4v) is 3.65. The van der Waals surface area contributed by atoms with Gasteiger partial charge in [-0.05, 0) is 29.9 Å². The van der Waals surface area contributed by atoms with Gasteiger partial charge in [-0.15, -0.1) is 0 Å². The molecule has 22 heavy (non-hydrogen) atoms. The third-order valence-electron chi connectivity index (χ3n) is 5.08. The first-order valence-corrected chi connectivity index (χ1v) is 7.48. The topological polar surface area (TPSA) is 80.3 Å². The monoisotopic (exact) mass is 303 g/mol. The summed E-state index contributed by atoms with van der Waals surface area (Å²) in [5.41, 5.74) is 0.815. The van der Waals surface area contributed by atoms with Crippen LogP contribution in [0.4, 0.5) is 0 Å². The van der Waals surface area contributed by atoms with E-state index in [0.717, 1.165) is 6.54 Å². The lowest BCUT2D eigenvalue weighted by Gasteiger charge is -2.22. The van der Waals surface area contributed by atoms with Gasteiger partial charge in [0, 0.05) is 18.0 Å². The highest BCUT2D eigenvalue weighted by Crippen LogP contribution is 2.62. The number of nitrogens with one attached hydrogen (secondary N) is 2. The number of nitrogens with zero attached hydrogens (tertiary/aromatic N) is 1. The van der Waals surface area contributed by atoms with E-state index in [2.05, 4.69) is 29.5 Å². The Labute approximate surface area is 129 Å². The predicted molar refractivity (Wildman–Crippen MR) is 79.7 cm³/mol. The van der Waals surface area contributed by atoms with Gasteiger partial charge < -0.3 is 15.4 Å². The summed E-state index contributed by atoms with van der Waals surface area (Å²) >= 11 is 0. The number of methoxy groups -OCH3 is 1. The molecule has 1 unspecified atom stereocenters.